The number of carbonyl (C=O) groups is 2. The second-order valence-corrected chi connectivity index (χ2v) is 14.3. The standard InChI is InChI=1S/C32H57N3O4/c1-20(2)33-16-17-34-23-12-14-31(4)22(18-23)19-27(35-30(37)39-7)29-25-10-9-24(21(3)8-11-28(36)38-6)32(25,5)15-13-26(29)31/h20-27,29,33-34H,8-19H2,1-7H3,(H,35,37)/t21-,22-,23?,24?,25?,26?,27-,29?,31+,32-/m1/s1. The normalized spacial score (nSPS) is 40.3. The van der Waals surface area contributed by atoms with Crippen LogP contribution in [0.3, 0.4) is 0 Å². The third-order valence-electron chi connectivity index (χ3n) is 12.1. The molecule has 4 fully saturated rings. The van der Waals surface area contributed by atoms with Gasteiger partial charge in [0, 0.05) is 37.6 Å². The van der Waals surface area contributed by atoms with Gasteiger partial charge >= 0.3 is 12.1 Å². The first-order valence-electron chi connectivity index (χ1n) is 15.9. The Kier molecular flexibility index (Phi) is 9.95. The summed E-state index contributed by atoms with van der Waals surface area (Å²) in [5.41, 5.74) is 0.599. The second kappa shape index (κ2) is 12.7. The topological polar surface area (TPSA) is 88.7 Å². The Bertz CT molecular complexity index is 851. The van der Waals surface area contributed by atoms with Crippen LogP contribution in [0.4, 0.5) is 4.79 Å². The van der Waals surface area contributed by atoms with Gasteiger partial charge in [0.15, 0.2) is 0 Å². The molecule has 0 spiro atoms. The molecule has 7 nitrogen and oxygen atoms in total. The van der Waals surface area contributed by atoms with Crippen molar-refractivity contribution in [2.75, 3.05) is 27.3 Å². The van der Waals surface area contributed by atoms with Crippen molar-refractivity contribution >= 4 is 12.1 Å². The molecule has 0 radical (unpaired) electrons. The maximum absolute atomic E-state index is 12.6. The van der Waals surface area contributed by atoms with E-state index in [1.165, 1.54) is 59.2 Å². The lowest BCUT2D eigenvalue weighted by Crippen LogP contribution is -2.62. The third kappa shape index (κ3) is 6.29. The predicted octanol–water partition coefficient (Wildman–Crippen LogP) is 5.53. The maximum atomic E-state index is 12.6. The van der Waals surface area contributed by atoms with Crippen LogP contribution in [0.5, 0.6) is 0 Å². The van der Waals surface area contributed by atoms with Crippen LogP contribution < -0.4 is 16.0 Å². The Hall–Kier alpha value is -1.34. The largest absolute Gasteiger partial charge is 0.469 e. The lowest BCUT2D eigenvalue weighted by molar-refractivity contribution is -0.141. The fourth-order valence-corrected chi connectivity index (χ4v) is 10.1. The summed E-state index contributed by atoms with van der Waals surface area (Å²) in [6, 6.07) is 1.26. The Balaban J connectivity index is 1.51. The minimum Gasteiger partial charge on any atom is -0.469 e. The molecule has 7 heteroatoms. The Labute approximate surface area is 237 Å². The van der Waals surface area contributed by atoms with Crippen LogP contribution in [0.25, 0.3) is 0 Å². The Morgan fingerprint density at radius 2 is 1.62 bits per heavy atom. The van der Waals surface area contributed by atoms with Crippen molar-refractivity contribution in [3.63, 3.8) is 0 Å². The fourth-order valence-electron chi connectivity index (χ4n) is 10.1. The maximum Gasteiger partial charge on any atom is 0.407 e. The molecule has 4 saturated carbocycles. The zero-order valence-electron chi connectivity index (χ0n) is 25.8. The number of rotatable bonds is 10. The van der Waals surface area contributed by atoms with Crippen LogP contribution in [-0.2, 0) is 14.3 Å². The molecule has 0 bridgehead atoms. The Morgan fingerprint density at radius 3 is 2.31 bits per heavy atom. The van der Waals surface area contributed by atoms with Crippen molar-refractivity contribution in [2.24, 2.45) is 46.3 Å². The molecule has 4 aliphatic carbocycles. The molecule has 5 unspecified atom stereocenters. The smallest absolute Gasteiger partial charge is 0.407 e. The fraction of sp³-hybridized carbons (Fsp3) is 0.938. The first-order chi connectivity index (χ1) is 18.5. The van der Waals surface area contributed by atoms with Crippen LogP contribution in [0.15, 0.2) is 0 Å². The number of ether oxygens (including phenoxy) is 2. The van der Waals surface area contributed by atoms with Gasteiger partial charge in [0.25, 0.3) is 0 Å². The average Bonchev–Trinajstić information content (AvgIpc) is 3.26. The molecule has 0 aliphatic heterocycles. The molecule has 4 aliphatic rings. The monoisotopic (exact) mass is 547 g/mol. The molecule has 0 saturated heterocycles. The van der Waals surface area contributed by atoms with E-state index in [0.29, 0.717) is 59.4 Å². The molecule has 224 valence electrons. The summed E-state index contributed by atoms with van der Waals surface area (Å²) >= 11 is 0. The van der Waals surface area contributed by atoms with E-state index in [9.17, 15) is 9.59 Å². The summed E-state index contributed by atoms with van der Waals surface area (Å²) in [4.78, 5) is 24.5. The highest BCUT2D eigenvalue weighted by Gasteiger charge is 2.63. The van der Waals surface area contributed by atoms with Gasteiger partial charge in [-0.15, -0.1) is 0 Å². The van der Waals surface area contributed by atoms with Gasteiger partial charge in [-0.25, -0.2) is 4.79 Å². The van der Waals surface area contributed by atoms with E-state index in [1.807, 2.05) is 0 Å². The SMILES string of the molecule is COC(=O)CC[C@@H](C)C1CCC2C3C(CC[C@@]21C)[C@@]1(C)CCC(NCCNC(C)C)C[C@@H]1C[C@H]3NC(=O)OC. The molecular weight excluding hydrogens is 490 g/mol. The highest BCUT2D eigenvalue weighted by Crippen LogP contribution is 2.68. The van der Waals surface area contributed by atoms with E-state index < -0.39 is 0 Å². The van der Waals surface area contributed by atoms with Crippen LogP contribution in [0, 0.1) is 46.3 Å². The molecule has 0 aromatic rings. The van der Waals surface area contributed by atoms with Gasteiger partial charge in [-0.3, -0.25) is 4.79 Å². The molecule has 3 N–H and O–H groups in total. The van der Waals surface area contributed by atoms with Crippen molar-refractivity contribution in [3.05, 3.63) is 0 Å². The van der Waals surface area contributed by atoms with Gasteiger partial charge in [-0.2, -0.15) is 0 Å². The third-order valence-corrected chi connectivity index (χ3v) is 12.1. The minimum atomic E-state index is -0.277. The van der Waals surface area contributed by atoms with Crippen molar-refractivity contribution in [3.8, 4) is 0 Å². The summed E-state index contributed by atoms with van der Waals surface area (Å²) in [6.07, 6.45) is 10.9. The van der Waals surface area contributed by atoms with Crippen molar-refractivity contribution in [1.29, 1.82) is 0 Å². The number of hydrogen-bond donors (Lipinski definition) is 3. The molecule has 1 amide bonds. The van der Waals surface area contributed by atoms with Crippen molar-refractivity contribution in [1.82, 2.24) is 16.0 Å². The summed E-state index contributed by atoms with van der Waals surface area (Å²) in [5.74, 6) is 3.40. The second-order valence-electron chi connectivity index (χ2n) is 14.3. The lowest BCUT2D eigenvalue weighted by atomic mass is 9.43. The number of amides is 1. The molecule has 0 aromatic carbocycles. The summed E-state index contributed by atoms with van der Waals surface area (Å²) in [7, 11) is 2.98. The molecule has 10 atom stereocenters. The van der Waals surface area contributed by atoms with Gasteiger partial charge < -0.3 is 25.4 Å². The van der Waals surface area contributed by atoms with Gasteiger partial charge in [-0.1, -0.05) is 34.6 Å². The van der Waals surface area contributed by atoms with E-state index in [2.05, 4.69) is 50.6 Å². The number of nitrogens with one attached hydrogen (secondary N) is 3. The van der Waals surface area contributed by atoms with Crippen LogP contribution in [0.2, 0.25) is 0 Å². The van der Waals surface area contributed by atoms with E-state index in [-0.39, 0.29) is 23.5 Å². The molecular formula is C32H57N3O4. The quantitative estimate of drug-likeness (QED) is 0.246. The number of fused-ring (bicyclic) bond motifs is 5. The molecule has 4 rings (SSSR count). The highest BCUT2D eigenvalue weighted by atomic mass is 16.5. The number of alkyl carbamates (subject to hydrolysis) is 1. The summed E-state index contributed by atoms with van der Waals surface area (Å²) in [5, 5.41) is 10.7. The van der Waals surface area contributed by atoms with Crippen molar-refractivity contribution < 1.29 is 19.1 Å². The minimum absolute atomic E-state index is 0.0971. The lowest BCUT2D eigenvalue weighted by Gasteiger charge is -2.63. The molecule has 39 heavy (non-hydrogen) atoms. The zero-order chi connectivity index (χ0) is 28.4. The molecule has 0 heterocycles. The van der Waals surface area contributed by atoms with E-state index >= 15 is 0 Å². The van der Waals surface area contributed by atoms with Gasteiger partial charge in [0.05, 0.1) is 14.2 Å². The molecule has 0 aromatic heterocycles. The average molecular weight is 548 g/mol. The number of esters is 1. The highest BCUT2D eigenvalue weighted by molar-refractivity contribution is 5.69. The van der Waals surface area contributed by atoms with E-state index in [1.54, 1.807) is 0 Å². The van der Waals surface area contributed by atoms with Crippen LogP contribution in [-0.4, -0.2) is 57.5 Å². The van der Waals surface area contributed by atoms with Gasteiger partial charge in [-0.05, 0) is 104 Å². The predicted molar refractivity (Wildman–Crippen MR) is 155 cm³/mol. The summed E-state index contributed by atoms with van der Waals surface area (Å²) < 4.78 is 10.1. The number of methoxy groups -OCH3 is 2. The number of carbonyl (C=O) groups excluding carboxylic acids is 2. The number of hydrogen-bond acceptors (Lipinski definition) is 6. The first-order valence-corrected chi connectivity index (χ1v) is 15.9. The Morgan fingerprint density at radius 1 is 0.897 bits per heavy atom. The van der Waals surface area contributed by atoms with Gasteiger partial charge in [0.2, 0.25) is 0 Å². The van der Waals surface area contributed by atoms with Gasteiger partial charge in [0.1, 0.15) is 0 Å². The van der Waals surface area contributed by atoms with Crippen LogP contribution >= 0.6 is 0 Å². The van der Waals surface area contributed by atoms with E-state index in [4.69, 9.17) is 9.47 Å². The van der Waals surface area contributed by atoms with Crippen molar-refractivity contribution in [2.45, 2.75) is 117 Å². The first kappa shape index (κ1) is 30.6. The zero-order valence-corrected chi connectivity index (χ0v) is 25.8. The van der Waals surface area contributed by atoms with E-state index in [0.717, 1.165) is 25.9 Å². The summed E-state index contributed by atoms with van der Waals surface area (Å²) in [6.45, 7) is 13.9. The van der Waals surface area contributed by atoms with Crippen LogP contribution in [0.1, 0.15) is 98.8 Å².